The molecule has 546 valence electrons. The number of esters is 1. The molecule has 10 fully saturated rings. The first-order chi connectivity index (χ1) is 44.5. The van der Waals surface area contributed by atoms with E-state index in [2.05, 4.69) is 54.5 Å². The molecule has 4 saturated carbocycles. The van der Waals surface area contributed by atoms with E-state index in [1.54, 1.807) is 0 Å². The highest BCUT2D eigenvalue weighted by atomic mass is 16.8. The third-order valence-electron chi connectivity index (χ3n) is 25.2. The van der Waals surface area contributed by atoms with Gasteiger partial charge in [-0.05, 0) is 123 Å². The predicted molar refractivity (Wildman–Crippen MR) is 319 cm³/mol. The Morgan fingerprint density at radius 3 is 1.63 bits per heavy atom. The number of hydrogen-bond donors (Lipinski definition) is 17. The third kappa shape index (κ3) is 12.9. The summed E-state index contributed by atoms with van der Waals surface area (Å²) in [6, 6.07) is 0. The lowest BCUT2D eigenvalue weighted by atomic mass is 9.33. The molecule has 0 spiro atoms. The predicted octanol–water partition coefficient (Wildman–Crippen LogP) is -3.69. The Kier molecular flexibility index (Phi) is 21.7. The van der Waals surface area contributed by atoms with Crippen molar-refractivity contribution >= 4 is 5.97 Å². The van der Waals surface area contributed by atoms with Crippen LogP contribution in [-0.2, 0) is 61.6 Å². The minimum absolute atomic E-state index is 0.0735. The van der Waals surface area contributed by atoms with E-state index in [-0.39, 0.29) is 40.6 Å². The van der Waals surface area contributed by atoms with Crippen molar-refractivity contribution in [1.82, 2.24) is 0 Å². The second-order valence-electron chi connectivity index (χ2n) is 31.4. The van der Waals surface area contributed by atoms with Crippen molar-refractivity contribution in [3.05, 3.63) is 11.6 Å². The quantitative estimate of drug-likeness (QED) is 0.0426. The Labute approximate surface area is 551 Å². The van der Waals surface area contributed by atoms with Crippen molar-refractivity contribution in [2.75, 3.05) is 26.4 Å². The van der Waals surface area contributed by atoms with Crippen molar-refractivity contribution in [1.29, 1.82) is 0 Å². The first kappa shape index (κ1) is 74.3. The zero-order valence-electron chi connectivity index (χ0n) is 55.4. The van der Waals surface area contributed by atoms with Gasteiger partial charge in [-0.25, -0.2) is 0 Å². The summed E-state index contributed by atoms with van der Waals surface area (Å²) in [5.41, 5.74) is -1.58. The molecule has 0 aromatic rings. The summed E-state index contributed by atoms with van der Waals surface area (Å²) < 4.78 is 72.0. The molecule has 5 aliphatic carbocycles. The second-order valence-corrected chi connectivity index (χ2v) is 31.4. The number of hydrogen-bond acceptors (Lipinski definition) is 30. The number of carbonyl (C=O) groups is 1. The fourth-order valence-electron chi connectivity index (χ4n) is 19.0. The van der Waals surface area contributed by atoms with E-state index in [4.69, 9.17) is 56.8 Å². The average Bonchev–Trinajstić information content (AvgIpc) is 0.676. The molecule has 0 amide bonds. The van der Waals surface area contributed by atoms with Crippen LogP contribution in [0.25, 0.3) is 0 Å². The summed E-state index contributed by atoms with van der Waals surface area (Å²) in [5, 5.41) is 184. The molecule has 0 aromatic carbocycles. The Hall–Kier alpha value is -1.91. The first-order valence-electron chi connectivity index (χ1n) is 34.0. The molecule has 30 nitrogen and oxygen atoms in total. The van der Waals surface area contributed by atoms with Crippen LogP contribution in [-0.4, -0.2) is 303 Å². The van der Waals surface area contributed by atoms with Crippen molar-refractivity contribution in [3.8, 4) is 0 Å². The lowest BCUT2D eigenvalue weighted by Crippen LogP contribution is -2.66. The highest BCUT2D eigenvalue weighted by Gasteiger charge is 2.71. The van der Waals surface area contributed by atoms with Gasteiger partial charge in [0.2, 0.25) is 6.29 Å². The first-order valence-corrected chi connectivity index (χ1v) is 34.0. The maximum atomic E-state index is 15.3. The number of allylic oxidation sites excluding steroid dienone is 2. The second kappa shape index (κ2) is 27.7. The van der Waals surface area contributed by atoms with Crippen LogP contribution >= 0.6 is 0 Å². The van der Waals surface area contributed by atoms with Gasteiger partial charge in [0.15, 0.2) is 31.5 Å². The lowest BCUT2D eigenvalue weighted by Gasteiger charge is -2.71. The van der Waals surface area contributed by atoms with E-state index in [1.165, 1.54) is 19.4 Å². The highest BCUT2D eigenvalue weighted by molar-refractivity contribution is 5.79. The summed E-state index contributed by atoms with van der Waals surface area (Å²) in [6.07, 6.45) is -38.3. The molecule has 11 aliphatic rings. The molecule has 11 rings (SSSR count). The van der Waals surface area contributed by atoms with Crippen LogP contribution < -0.4 is 0 Å². The van der Waals surface area contributed by atoms with E-state index < -0.39 is 226 Å². The van der Waals surface area contributed by atoms with Crippen LogP contribution in [0.15, 0.2) is 11.6 Å². The molecule has 37 unspecified atom stereocenters. The van der Waals surface area contributed by atoms with Gasteiger partial charge in [0.05, 0.1) is 50.2 Å². The van der Waals surface area contributed by atoms with Gasteiger partial charge in [-0.2, -0.15) is 0 Å². The molecule has 30 heteroatoms. The molecular weight excluding hydrogens is 1260 g/mol. The zero-order valence-corrected chi connectivity index (χ0v) is 55.4. The molecule has 95 heavy (non-hydrogen) atoms. The Balaban J connectivity index is 0.779. The van der Waals surface area contributed by atoms with Gasteiger partial charge in [0, 0.05) is 0 Å². The van der Waals surface area contributed by atoms with Crippen LogP contribution in [0.1, 0.15) is 127 Å². The summed E-state index contributed by atoms with van der Waals surface area (Å²) in [4.78, 5) is 15.3. The minimum Gasteiger partial charge on any atom is -0.432 e. The number of fused-ring (bicyclic) bond motifs is 7. The van der Waals surface area contributed by atoms with E-state index in [1.807, 2.05) is 0 Å². The van der Waals surface area contributed by atoms with E-state index >= 15 is 4.79 Å². The van der Waals surface area contributed by atoms with E-state index in [0.29, 0.717) is 44.9 Å². The number of ether oxygens (including phenoxy) is 12. The van der Waals surface area contributed by atoms with Crippen LogP contribution in [0, 0.1) is 50.2 Å². The van der Waals surface area contributed by atoms with Crippen LogP contribution in [0.3, 0.4) is 0 Å². The van der Waals surface area contributed by atoms with Gasteiger partial charge < -0.3 is 144 Å². The van der Waals surface area contributed by atoms with Gasteiger partial charge in [-0.15, -0.1) is 0 Å². The molecule has 0 radical (unpaired) electrons. The number of rotatable bonds is 15. The maximum absolute atomic E-state index is 15.3. The molecule has 0 bridgehead atoms. The molecule has 6 heterocycles. The number of carbonyl (C=O) groups excluding carboxylic acids is 1. The summed E-state index contributed by atoms with van der Waals surface area (Å²) in [7, 11) is 0. The van der Waals surface area contributed by atoms with Crippen LogP contribution in [0.5, 0.6) is 0 Å². The largest absolute Gasteiger partial charge is 0.432 e. The Morgan fingerprint density at radius 2 is 1.02 bits per heavy atom. The molecule has 0 aromatic heterocycles. The molecular formula is C65H106O30. The van der Waals surface area contributed by atoms with Crippen molar-refractivity contribution in [2.24, 2.45) is 50.2 Å². The van der Waals surface area contributed by atoms with Crippen LogP contribution in [0.4, 0.5) is 0 Å². The number of aliphatic hydroxyl groups excluding tert-OH is 17. The average molecular weight is 1370 g/mol. The minimum atomic E-state index is -1.91. The van der Waals surface area contributed by atoms with Gasteiger partial charge in [-0.1, -0.05) is 60.1 Å². The van der Waals surface area contributed by atoms with Crippen molar-refractivity contribution in [2.45, 2.75) is 311 Å². The molecule has 37 atom stereocenters. The smallest absolute Gasteiger partial charge is 0.315 e. The highest BCUT2D eigenvalue weighted by Crippen LogP contribution is 2.76. The topological polar surface area (TPSA) is 472 Å². The number of aliphatic hydroxyl groups is 17. The van der Waals surface area contributed by atoms with Crippen molar-refractivity contribution in [3.63, 3.8) is 0 Å². The Morgan fingerprint density at radius 1 is 0.495 bits per heavy atom. The monoisotopic (exact) mass is 1370 g/mol. The van der Waals surface area contributed by atoms with Gasteiger partial charge in [0.25, 0.3) is 0 Å². The normalized spacial score (nSPS) is 54.6. The SMILES string of the molecule is CC1OC(OC2C(CO)OC(OCC3OC(OC(=O)C45CCC(C)(C)CC4C4=CCC6C7(C)CCC(OC8OCC(OC9OC(CO)C(O)C(O)C9O)C(O)C8OC8OC(C)C(O)C(O)C8O)C(C)(C)C7CCC6(C)C4(C)CC5)C(O)C(O)C3O)C(O)C2O)C(O)C(O)C1O. The third-order valence-corrected chi connectivity index (χ3v) is 25.2. The molecule has 17 N–H and O–H groups in total. The summed E-state index contributed by atoms with van der Waals surface area (Å²) >= 11 is 0. The van der Waals surface area contributed by atoms with Gasteiger partial charge in [0.1, 0.15) is 128 Å². The van der Waals surface area contributed by atoms with E-state index in [9.17, 15) is 86.8 Å². The standard InChI is InChI=1S/C65H106O30/c1-25-36(68)41(73)46(78)54(86-25)93-51-30(22-67)89-53(50(82)45(51)77)84-23-31-39(71)44(76)49(81)57(90-31)95-59(83)65-18-16-60(3,4)20-28(65)27-10-11-34-62(7)14-13-35(61(5,6)33(62)12-15-64(34,9)63(27,8)17-19-65)92-58-52(94-55-47(79)42(74)37(69)26(2)87-55)40(72)32(24-85-58)91-56-48(80)43(75)38(70)29(21-66)88-56/h10,25-26,28-58,66-82H,11-24H2,1-9H3. The lowest BCUT2D eigenvalue weighted by molar-refractivity contribution is -0.380. The summed E-state index contributed by atoms with van der Waals surface area (Å²) in [5.74, 6) is -0.696. The molecule has 6 aliphatic heterocycles. The maximum Gasteiger partial charge on any atom is 0.315 e. The van der Waals surface area contributed by atoms with Gasteiger partial charge in [-0.3, -0.25) is 4.79 Å². The summed E-state index contributed by atoms with van der Waals surface area (Å²) in [6.45, 7) is 16.2. The molecule has 6 saturated heterocycles. The van der Waals surface area contributed by atoms with Crippen LogP contribution in [0.2, 0.25) is 0 Å². The van der Waals surface area contributed by atoms with Crippen molar-refractivity contribution < 1.29 is 148 Å². The van der Waals surface area contributed by atoms with Gasteiger partial charge >= 0.3 is 5.97 Å². The van der Waals surface area contributed by atoms with E-state index in [0.717, 1.165) is 19.3 Å². The Bertz CT molecular complexity index is 2670. The fourth-order valence-corrected chi connectivity index (χ4v) is 19.0. The fraction of sp³-hybridized carbons (Fsp3) is 0.954. The zero-order chi connectivity index (χ0) is 69.3.